The predicted molar refractivity (Wildman–Crippen MR) is 94.1 cm³/mol. The summed E-state index contributed by atoms with van der Waals surface area (Å²) in [5.41, 5.74) is 0.643. The summed E-state index contributed by atoms with van der Waals surface area (Å²) in [6, 6.07) is 8.32. The van der Waals surface area contributed by atoms with Crippen molar-refractivity contribution in [2.24, 2.45) is 0 Å². The molecule has 26 heavy (non-hydrogen) atoms. The SMILES string of the molecule is COc1ccc(OC)c(NC(=O)c2cc(Nc3cc(C)on3)ncn2)c1. The molecule has 9 heteroatoms. The van der Waals surface area contributed by atoms with E-state index in [4.69, 9.17) is 14.0 Å². The van der Waals surface area contributed by atoms with E-state index in [9.17, 15) is 4.79 Å². The molecule has 0 unspecified atom stereocenters. The van der Waals surface area contributed by atoms with Gasteiger partial charge in [0.25, 0.3) is 5.91 Å². The topological polar surface area (TPSA) is 111 Å². The maximum absolute atomic E-state index is 12.5. The molecule has 9 nitrogen and oxygen atoms in total. The lowest BCUT2D eigenvalue weighted by Gasteiger charge is -2.11. The van der Waals surface area contributed by atoms with Crippen LogP contribution in [-0.4, -0.2) is 35.3 Å². The minimum atomic E-state index is -0.418. The summed E-state index contributed by atoms with van der Waals surface area (Å²) in [6.45, 7) is 1.78. The number of carbonyl (C=O) groups is 1. The van der Waals surface area contributed by atoms with Crippen molar-refractivity contribution in [3.8, 4) is 11.5 Å². The Hall–Kier alpha value is -3.62. The normalized spacial score (nSPS) is 10.3. The lowest BCUT2D eigenvalue weighted by molar-refractivity contribution is 0.102. The summed E-state index contributed by atoms with van der Waals surface area (Å²) in [6.07, 6.45) is 1.28. The molecule has 2 aromatic heterocycles. The molecule has 3 rings (SSSR count). The number of aromatic nitrogens is 3. The Morgan fingerprint density at radius 2 is 1.92 bits per heavy atom. The Kier molecular flexibility index (Phi) is 4.97. The lowest BCUT2D eigenvalue weighted by Crippen LogP contribution is -2.15. The van der Waals surface area contributed by atoms with Crippen LogP contribution in [0.1, 0.15) is 16.2 Å². The number of aryl methyl sites for hydroxylation is 1. The molecular formula is C17H17N5O4. The number of amides is 1. The van der Waals surface area contributed by atoms with Gasteiger partial charge in [-0.05, 0) is 19.1 Å². The van der Waals surface area contributed by atoms with Gasteiger partial charge in [-0.15, -0.1) is 0 Å². The van der Waals surface area contributed by atoms with E-state index in [1.807, 2.05) is 0 Å². The Balaban J connectivity index is 1.79. The number of benzene rings is 1. The molecule has 2 N–H and O–H groups in total. The van der Waals surface area contributed by atoms with Gasteiger partial charge in [-0.25, -0.2) is 9.97 Å². The molecular weight excluding hydrogens is 338 g/mol. The van der Waals surface area contributed by atoms with Crippen LogP contribution in [0.15, 0.2) is 41.2 Å². The van der Waals surface area contributed by atoms with Gasteiger partial charge < -0.3 is 24.6 Å². The van der Waals surface area contributed by atoms with Crippen LogP contribution in [0.3, 0.4) is 0 Å². The van der Waals surface area contributed by atoms with Gasteiger partial charge in [0.1, 0.15) is 35.1 Å². The first-order valence-electron chi connectivity index (χ1n) is 7.65. The average molecular weight is 355 g/mol. The van der Waals surface area contributed by atoms with E-state index in [0.29, 0.717) is 34.6 Å². The summed E-state index contributed by atoms with van der Waals surface area (Å²) in [5, 5.41) is 9.51. The smallest absolute Gasteiger partial charge is 0.274 e. The summed E-state index contributed by atoms with van der Waals surface area (Å²) in [7, 11) is 3.06. The van der Waals surface area contributed by atoms with E-state index >= 15 is 0 Å². The zero-order chi connectivity index (χ0) is 18.5. The third-order valence-corrected chi connectivity index (χ3v) is 3.44. The molecule has 0 saturated carbocycles. The Morgan fingerprint density at radius 1 is 1.08 bits per heavy atom. The minimum absolute atomic E-state index is 0.174. The molecule has 0 spiro atoms. The van der Waals surface area contributed by atoms with Crippen molar-refractivity contribution in [3.63, 3.8) is 0 Å². The highest BCUT2D eigenvalue weighted by Gasteiger charge is 2.13. The number of carbonyl (C=O) groups excluding carboxylic acids is 1. The highest BCUT2D eigenvalue weighted by molar-refractivity contribution is 6.04. The maximum Gasteiger partial charge on any atom is 0.274 e. The van der Waals surface area contributed by atoms with Crippen molar-refractivity contribution in [2.45, 2.75) is 6.92 Å². The van der Waals surface area contributed by atoms with Gasteiger partial charge in [0.15, 0.2) is 5.82 Å². The van der Waals surface area contributed by atoms with Crippen molar-refractivity contribution < 1.29 is 18.8 Å². The zero-order valence-corrected chi connectivity index (χ0v) is 14.4. The van der Waals surface area contributed by atoms with E-state index in [2.05, 4.69) is 25.8 Å². The predicted octanol–water partition coefficient (Wildman–Crippen LogP) is 2.79. The first-order valence-corrected chi connectivity index (χ1v) is 7.65. The number of nitrogens with zero attached hydrogens (tertiary/aromatic N) is 3. The Bertz CT molecular complexity index is 925. The minimum Gasteiger partial charge on any atom is -0.497 e. The largest absolute Gasteiger partial charge is 0.497 e. The second kappa shape index (κ2) is 7.51. The Morgan fingerprint density at radius 3 is 2.62 bits per heavy atom. The summed E-state index contributed by atoms with van der Waals surface area (Å²) in [5.74, 6) is 2.23. The van der Waals surface area contributed by atoms with Crippen molar-refractivity contribution in [1.29, 1.82) is 0 Å². The first kappa shape index (κ1) is 17.2. The molecule has 0 aliphatic carbocycles. The van der Waals surface area contributed by atoms with Gasteiger partial charge in [0.05, 0.1) is 19.9 Å². The second-order valence-electron chi connectivity index (χ2n) is 5.26. The molecule has 1 aromatic carbocycles. The standard InChI is InChI=1S/C17H17N5O4/c1-10-6-16(22-26-10)21-15-8-13(18-9-19-15)17(23)20-12-7-11(24-2)4-5-14(12)25-3/h4-9H,1-3H3,(H,20,23)(H,18,19,21,22). The molecule has 0 aliphatic rings. The van der Waals surface area contributed by atoms with Crippen molar-refractivity contribution in [2.75, 3.05) is 24.9 Å². The van der Waals surface area contributed by atoms with Crippen LogP contribution in [0.4, 0.5) is 17.3 Å². The number of hydrogen-bond donors (Lipinski definition) is 2. The molecule has 0 aliphatic heterocycles. The number of methoxy groups -OCH3 is 2. The van der Waals surface area contributed by atoms with Crippen LogP contribution in [0.2, 0.25) is 0 Å². The quantitative estimate of drug-likeness (QED) is 0.694. The van der Waals surface area contributed by atoms with E-state index in [0.717, 1.165) is 0 Å². The fourth-order valence-corrected chi connectivity index (χ4v) is 2.20. The van der Waals surface area contributed by atoms with E-state index in [1.54, 1.807) is 38.3 Å². The first-order chi connectivity index (χ1) is 12.6. The van der Waals surface area contributed by atoms with Crippen LogP contribution < -0.4 is 20.1 Å². The second-order valence-corrected chi connectivity index (χ2v) is 5.26. The van der Waals surface area contributed by atoms with E-state index < -0.39 is 5.91 Å². The lowest BCUT2D eigenvalue weighted by atomic mass is 10.2. The molecule has 2 heterocycles. The van der Waals surface area contributed by atoms with Crippen LogP contribution in [0, 0.1) is 6.92 Å². The van der Waals surface area contributed by atoms with Crippen LogP contribution in [-0.2, 0) is 0 Å². The van der Waals surface area contributed by atoms with Crippen molar-refractivity contribution >= 4 is 23.2 Å². The Labute approximate surface area is 149 Å². The average Bonchev–Trinajstić information content (AvgIpc) is 3.06. The van der Waals surface area contributed by atoms with Gasteiger partial charge in [0.2, 0.25) is 0 Å². The molecule has 0 radical (unpaired) electrons. The number of nitrogens with one attached hydrogen (secondary N) is 2. The molecule has 0 fully saturated rings. The zero-order valence-electron chi connectivity index (χ0n) is 14.4. The van der Waals surface area contributed by atoms with Gasteiger partial charge in [-0.3, -0.25) is 4.79 Å². The molecule has 0 saturated heterocycles. The molecule has 1 amide bonds. The number of ether oxygens (including phenoxy) is 2. The molecule has 0 bridgehead atoms. The van der Waals surface area contributed by atoms with E-state index in [-0.39, 0.29) is 5.69 Å². The number of hydrogen-bond acceptors (Lipinski definition) is 8. The fourth-order valence-electron chi connectivity index (χ4n) is 2.20. The number of anilines is 3. The highest BCUT2D eigenvalue weighted by Crippen LogP contribution is 2.29. The van der Waals surface area contributed by atoms with Crippen LogP contribution in [0.5, 0.6) is 11.5 Å². The van der Waals surface area contributed by atoms with E-state index in [1.165, 1.54) is 19.5 Å². The molecule has 134 valence electrons. The van der Waals surface area contributed by atoms with Crippen LogP contribution >= 0.6 is 0 Å². The molecule has 0 atom stereocenters. The summed E-state index contributed by atoms with van der Waals surface area (Å²) >= 11 is 0. The third kappa shape index (κ3) is 3.89. The van der Waals surface area contributed by atoms with Crippen molar-refractivity contribution in [3.05, 3.63) is 48.1 Å². The molecule has 3 aromatic rings. The third-order valence-electron chi connectivity index (χ3n) is 3.44. The van der Waals surface area contributed by atoms with Gasteiger partial charge in [-0.2, -0.15) is 0 Å². The summed E-state index contributed by atoms with van der Waals surface area (Å²) in [4.78, 5) is 20.6. The van der Waals surface area contributed by atoms with Gasteiger partial charge >= 0.3 is 0 Å². The van der Waals surface area contributed by atoms with Gasteiger partial charge in [0, 0.05) is 18.2 Å². The van der Waals surface area contributed by atoms with Crippen molar-refractivity contribution in [1.82, 2.24) is 15.1 Å². The number of rotatable bonds is 6. The van der Waals surface area contributed by atoms with Crippen LogP contribution in [0.25, 0.3) is 0 Å². The fraction of sp³-hybridized carbons (Fsp3) is 0.176. The maximum atomic E-state index is 12.5. The monoisotopic (exact) mass is 355 g/mol. The van der Waals surface area contributed by atoms with Gasteiger partial charge in [-0.1, -0.05) is 5.16 Å². The summed E-state index contributed by atoms with van der Waals surface area (Å²) < 4.78 is 15.4. The highest BCUT2D eigenvalue weighted by atomic mass is 16.5.